The van der Waals surface area contributed by atoms with Gasteiger partial charge in [0.1, 0.15) is 10.8 Å². The lowest BCUT2D eigenvalue weighted by atomic mass is 10.1. The molecule has 1 unspecified atom stereocenters. The van der Waals surface area contributed by atoms with Gasteiger partial charge in [-0.15, -0.1) is 11.3 Å². The third-order valence-corrected chi connectivity index (χ3v) is 4.94. The quantitative estimate of drug-likeness (QED) is 0.876. The summed E-state index contributed by atoms with van der Waals surface area (Å²) in [4.78, 5) is 6.06. The van der Waals surface area contributed by atoms with E-state index in [4.69, 9.17) is 9.72 Å². The van der Waals surface area contributed by atoms with Gasteiger partial charge in [0.05, 0.1) is 18.3 Å². The summed E-state index contributed by atoms with van der Waals surface area (Å²) in [5, 5.41) is 4.87. The van der Waals surface area contributed by atoms with Crippen LogP contribution in [0.15, 0.2) is 24.3 Å². The Morgan fingerprint density at radius 2 is 2.10 bits per heavy atom. The molecule has 1 fully saturated rings. The number of nitrogens with zero attached hydrogens (tertiary/aromatic N) is 1. The van der Waals surface area contributed by atoms with Crippen molar-refractivity contribution in [3.05, 3.63) is 45.4 Å². The van der Waals surface area contributed by atoms with Crippen LogP contribution in [-0.2, 0) is 0 Å². The first-order valence-corrected chi connectivity index (χ1v) is 8.42. The standard InChI is InChI=1S/C17H22N2OS/c1-4-20-15-8-6-5-7-14(15)16(19-13-9-10-13)17-18-11(2)12(3)21-17/h5-8,13,16,19H,4,9-10H2,1-3H3. The molecular formula is C17H22N2OS. The predicted molar refractivity (Wildman–Crippen MR) is 87.2 cm³/mol. The molecular weight excluding hydrogens is 280 g/mol. The lowest BCUT2D eigenvalue weighted by Crippen LogP contribution is -2.25. The van der Waals surface area contributed by atoms with Gasteiger partial charge in [-0.2, -0.15) is 0 Å². The first kappa shape index (κ1) is 14.5. The lowest BCUT2D eigenvalue weighted by molar-refractivity contribution is 0.333. The van der Waals surface area contributed by atoms with Gasteiger partial charge in [-0.05, 0) is 39.7 Å². The van der Waals surface area contributed by atoms with Gasteiger partial charge in [-0.3, -0.25) is 0 Å². The second kappa shape index (κ2) is 6.16. The molecule has 1 saturated carbocycles. The molecule has 0 saturated heterocycles. The molecule has 0 amide bonds. The van der Waals surface area contributed by atoms with Gasteiger partial charge in [0, 0.05) is 16.5 Å². The average molecular weight is 302 g/mol. The summed E-state index contributed by atoms with van der Waals surface area (Å²) < 4.78 is 5.82. The van der Waals surface area contributed by atoms with Crippen molar-refractivity contribution >= 4 is 11.3 Å². The van der Waals surface area contributed by atoms with Gasteiger partial charge in [-0.1, -0.05) is 18.2 Å². The van der Waals surface area contributed by atoms with Crippen molar-refractivity contribution < 1.29 is 4.74 Å². The zero-order valence-corrected chi connectivity index (χ0v) is 13.7. The summed E-state index contributed by atoms with van der Waals surface area (Å²) in [6.07, 6.45) is 2.52. The van der Waals surface area contributed by atoms with Crippen molar-refractivity contribution in [3.8, 4) is 5.75 Å². The second-order valence-electron chi connectivity index (χ2n) is 5.54. The Hall–Kier alpha value is -1.39. The van der Waals surface area contributed by atoms with Crippen LogP contribution in [0.4, 0.5) is 0 Å². The summed E-state index contributed by atoms with van der Waals surface area (Å²) >= 11 is 1.78. The van der Waals surface area contributed by atoms with Crippen molar-refractivity contribution in [1.82, 2.24) is 10.3 Å². The Bertz CT molecular complexity index is 600. The van der Waals surface area contributed by atoms with Crippen LogP contribution in [0.2, 0.25) is 0 Å². The molecule has 1 aromatic carbocycles. The molecule has 0 bridgehead atoms. The number of ether oxygens (including phenoxy) is 1. The second-order valence-corrected chi connectivity index (χ2v) is 6.77. The number of rotatable bonds is 6. The topological polar surface area (TPSA) is 34.1 Å². The molecule has 0 radical (unpaired) electrons. The van der Waals surface area contributed by atoms with Crippen LogP contribution >= 0.6 is 11.3 Å². The normalized spacial score (nSPS) is 16.0. The van der Waals surface area contributed by atoms with E-state index >= 15 is 0 Å². The molecule has 1 aliphatic carbocycles. The van der Waals surface area contributed by atoms with E-state index in [2.05, 4.69) is 31.3 Å². The van der Waals surface area contributed by atoms with E-state index in [-0.39, 0.29) is 6.04 Å². The molecule has 1 atom stereocenters. The predicted octanol–water partition coefficient (Wildman–Crippen LogP) is 4.00. The molecule has 112 valence electrons. The number of para-hydroxylation sites is 1. The van der Waals surface area contributed by atoms with Crippen molar-refractivity contribution in [3.63, 3.8) is 0 Å². The number of hydrogen-bond acceptors (Lipinski definition) is 4. The number of hydrogen-bond donors (Lipinski definition) is 1. The van der Waals surface area contributed by atoms with E-state index < -0.39 is 0 Å². The van der Waals surface area contributed by atoms with Crippen LogP contribution in [0.5, 0.6) is 5.75 Å². The molecule has 1 aliphatic rings. The van der Waals surface area contributed by atoms with Gasteiger partial charge < -0.3 is 10.1 Å². The van der Waals surface area contributed by atoms with Crippen molar-refractivity contribution in [2.45, 2.75) is 45.7 Å². The molecule has 3 nitrogen and oxygen atoms in total. The van der Waals surface area contributed by atoms with Gasteiger partial charge in [0.2, 0.25) is 0 Å². The van der Waals surface area contributed by atoms with Crippen molar-refractivity contribution in [1.29, 1.82) is 0 Å². The SMILES string of the molecule is CCOc1ccccc1C(NC1CC1)c1nc(C)c(C)s1. The Morgan fingerprint density at radius 1 is 1.33 bits per heavy atom. The zero-order chi connectivity index (χ0) is 14.8. The fourth-order valence-electron chi connectivity index (χ4n) is 2.41. The summed E-state index contributed by atoms with van der Waals surface area (Å²) in [5.74, 6) is 0.962. The summed E-state index contributed by atoms with van der Waals surface area (Å²) in [7, 11) is 0. The highest BCUT2D eigenvalue weighted by Gasteiger charge is 2.29. The van der Waals surface area contributed by atoms with Crippen LogP contribution in [0.3, 0.4) is 0 Å². The van der Waals surface area contributed by atoms with E-state index in [0.29, 0.717) is 12.6 Å². The average Bonchev–Trinajstić information content (AvgIpc) is 3.23. The minimum atomic E-state index is 0.137. The molecule has 21 heavy (non-hydrogen) atoms. The van der Waals surface area contributed by atoms with Crippen LogP contribution in [-0.4, -0.2) is 17.6 Å². The van der Waals surface area contributed by atoms with Crippen LogP contribution < -0.4 is 10.1 Å². The third kappa shape index (κ3) is 3.27. The van der Waals surface area contributed by atoms with Gasteiger partial charge in [0.15, 0.2) is 0 Å². The Balaban J connectivity index is 1.98. The van der Waals surface area contributed by atoms with Gasteiger partial charge in [0.25, 0.3) is 0 Å². The molecule has 2 aromatic rings. The molecule has 1 heterocycles. The van der Waals surface area contributed by atoms with E-state index in [0.717, 1.165) is 16.5 Å². The maximum absolute atomic E-state index is 5.82. The maximum atomic E-state index is 5.82. The highest BCUT2D eigenvalue weighted by Crippen LogP contribution is 2.35. The summed E-state index contributed by atoms with van der Waals surface area (Å²) in [6.45, 7) is 6.93. The smallest absolute Gasteiger partial charge is 0.124 e. The molecule has 1 N–H and O–H groups in total. The van der Waals surface area contributed by atoms with E-state index in [9.17, 15) is 0 Å². The number of nitrogens with one attached hydrogen (secondary N) is 1. The highest BCUT2D eigenvalue weighted by atomic mass is 32.1. The number of thiazole rings is 1. The van der Waals surface area contributed by atoms with Gasteiger partial charge >= 0.3 is 0 Å². The third-order valence-electron chi connectivity index (χ3n) is 3.80. The highest BCUT2D eigenvalue weighted by molar-refractivity contribution is 7.11. The van der Waals surface area contributed by atoms with E-state index in [1.165, 1.54) is 23.3 Å². The van der Waals surface area contributed by atoms with Crippen LogP contribution in [0.25, 0.3) is 0 Å². The number of aryl methyl sites for hydroxylation is 2. The Kier molecular flexibility index (Phi) is 4.27. The van der Waals surface area contributed by atoms with Crippen LogP contribution in [0, 0.1) is 13.8 Å². The fourth-order valence-corrected chi connectivity index (χ4v) is 3.41. The Labute approximate surface area is 130 Å². The largest absolute Gasteiger partial charge is 0.494 e. The Morgan fingerprint density at radius 3 is 2.71 bits per heavy atom. The minimum Gasteiger partial charge on any atom is -0.494 e. The maximum Gasteiger partial charge on any atom is 0.124 e. The van der Waals surface area contributed by atoms with Crippen molar-refractivity contribution in [2.24, 2.45) is 0 Å². The number of benzene rings is 1. The molecule has 3 rings (SSSR count). The molecule has 1 aromatic heterocycles. The number of aromatic nitrogens is 1. The minimum absolute atomic E-state index is 0.137. The van der Waals surface area contributed by atoms with Crippen LogP contribution in [0.1, 0.15) is 46.9 Å². The van der Waals surface area contributed by atoms with Crippen molar-refractivity contribution in [2.75, 3.05) is 6.61 Å². The first-order chi connectivity index (χ1) is 10.2. The lowest BCUT2D eigenvalue weighted by Gasteiger charge is -2.20. The van der Waals surface area contributed by atoms with Gasteiger partial charge in [-0.25, -0.2) is 4.98 Å². The summed E-state index contributed by atoms with van der Waals surface area (Å²) in [5.41, 5.74) is 2.33. The zero-order valence-electron chi connectivity index (χ0n) is 12.8. The molecule has 4 heteroatoms. The molecule has 0 aliphatic heterocycles. The van der Waals surface area contributed by atoms with E-state index in [1.807, 2.05) is 19.1 Å². The first-order valence-electron chi connectivity index (χ1n) is 7.60. The van der Waals surface area contributed by atoms with E-state index in [1.54, 1.807) is 11.3 Å². The molecule has 0 spiro atoms. The monoisotopic (exact) mass is 302 g/mol. The fraction of sp³-hybridized carbons (Fsp3) is 0.471. The summed E-state index contributed by atoms with van der Waals surface area (Å²) in [6, 6.07) is 9.06.